The molecule has 1 atom stereocenters. The average molecular weight is 544 g/mol. The van der Waals surface area contributed by atoms with Gasteiger partial charge in [0.2, 0.25) is 0 Å². The van der Waals surface area contributed by atoms with E-state index in [-0.39, 0.29) is 5.44 Å². The number of hydrogen-bond donors (Lipinski definition) is 1. The van der Waals surface area contributed by atoms with Crippen LogP contribution in [0.25, 0.3) is 54.8 Å². The van der Waals surface area contributed by atoms with Crippen LogP contribution in [0.1, 0.15) is 29.4 Å². The van der Waals surface area contributed by atoms with E-state index in [1.165, 1.54) is 9.40 Å². The highest BCUT2D eigenvalue weighted by molar-refractivity contribution is 7.99. The largest absolute Gasteiger partial charge is 0.361 e. The van der Waals surface area contributed by atoms with Crippen molar-refractivity contribution in [2.45, 2.75) is 17.4 Å². The molecule has 2 aromatic carbocycles. The zero-order valence-corrected chi connectivity index (χ0v) is 22.9. The Kier molecular flexibility index (Phi) is 6.37. The van der Waals surface area contributed by atoms with Gasteiger partial charge in [-0.05, 0) is 66.6 Å². The van der Waals surface area contributed by atoms with Crippen molar-refractivity contribution in [2.24, 2.45) is 0 Å². The summed E-state index contributed by atoms with van der Waals surface area (Å²) in [6, 6.07) is 33.8. The van der Waals surface area contributed by atoms with Crippen molar-refractivity contribution in [2.75, 3.05) is 6.61 Å². The van der Waals surface area contributed by atoms with Crippen LogP contribution in [0, 0.1) is 0 Å². The maximum Gasteiger partial charge on any atom is 0.151 e. The molecule has 0 fully saturated rings. The van der Waals surface area contributed by atoms with E-state index in [2.05, 4.69) is 102 Å². The van der Waals surface area contributed by atoms with Gasteiger partial charge in [-0.25, -0.2) is 9.97 Å². The number of ether oxygens (including phenoxy) is 1. The molecule has 5 aromatic rings. The summed E-state index contributed by atoms with van der Waals surface area (Å²) in [5.74, 6) is 0. The van der Waals surface area contributed by atoms with Gasteiger partial charge in [-0.3, -0.25) is 0 Å². The third-order valence-electron chi connectivity index (χ3n) is 6.71. The average Bonchev–Trinajstić information content (AvgIpc) is 3.77. The summed E-state index contributed by atoms with van der Waals surface area (Å²) in [6.45, 7) is 2.62. The van der Waals surface area contributed by atoms with Crippen LogP contribution in [0.3, 0.4) is 0 Å². The van der Waals surface area contributed by atoms with Gasteiger partial charge < -0.3 is 9.72 Å². The van der Waals surface area contributed by atoms with E-state index < -0.39 is 0 Å². The van der Waals surface area contributed by atoms with E-state index in [9.17, 15) is 0 Å². The molecule has 8 bridgehead atoms. The Labute approximate surface area is 235 Å². The number of nitrogens with one attached hydrogen (secondary N) is 1. The number of aromatic nitrogens is 3. The number of H-pyrrole nitrogens is 1. The van der Waals surface area contributed by atoms with Crippen LogP contribution in [0.5, 0.6) is 0 Å². The van der Waals surface area contributed by atoms with Gasteiger partial charge in [0.25, 0.3) is 0 Å². The predicted octanol–water partition coefficient (Wildman–Crippen LogP) is 9.38. The standard InChI is InChI=1S/C33H25N3OS2/c1-2-37-33-31-29(21-9-5-3-6-10-21)27-17-13-23(34-27)19-25-15-16-26(38-25)20-24-14-18-28(35-24)30(32(36-31)39-33)22-11-7-4-8-12-22/h3-20,33-34H,2H2,1H3. The summed E-state index contributed by atoms with van der Waals surface area (Å²) in [7, 11) is 0. The molecule has 5 heterocycles. The van der Waals surface area contributed by atoms with E-state index in [1.54, 1.807) is 23.1 Å². The maximum absolute atomic E-state index is 6.33. The summed E-state index contributed by atoms with van der Waals surface area (Å²) in [5, 5.41) is 0.913. The SMILES string of the molecule is CCOC1Sc2nc1c(-c1ccccc1)c1ccc(cc3ccc(cc4nc(c2-c2ccccc2)C=C4)s3)[nH]1. The Hall–Kier alpha value is -3.97. The van der Waals surface area contributed by atoms with Gasteiger partial charge in [0, 0.05) is 38.2 Å². The van der Waals surface area contributed by atoms with E-state index in [0.717, 1.165) is 55.4 Å². The first kappa shape index (κ1) is 24.1. The molecule has 2 aliphatic rings. The molecule has 0 saturated carbocycles. The van der Waals surface area contributed by atoms with Crippen molar-refractivity contribution in [1.29, 1.82) is 0 Å². The zero-order valence-electron chi connectivity index (χ0n) is 21.3. The summed E-state index contributed by atoms with van der Waals surface area (Å²) in [5.41, 5.74) is 8.83. The molecular weight excluding hydrogens is 519 g/mol. The molecule has 1 unspecified atom stereocenters. The minimum Gasteiger partial charge on any atom is -0.361 e. The summed E-state index contributed by atoms with van der Waals surface area (Å²) in [4.78, 5) is 14.0. The van der Waals surface area contributed by atoms with Crippen molar-refractivity contribution >= 4 is 55.7 Å². The number of thioether (sulfide) groups is 1. The van der Waals surface area contributed by atoms with Gasteiger partial charge in [-0.2, -0.15) is 0 Å². The Bertz CT molecular complexity index is 1860. The van der Waals surface area contributed by atoms with Crippen molar-refractivity contribution in [3.05, 3.63) is 114 Å². The number of rotatable bonds is 4. The minimum atomic E-state index is -0.245. The Morgan fingerprint density at radius 3 is 2.23 bits per heavy atom. The normalized spacial score (nSPS) is 14.5. The maximum atomic E-state index is 6.33. The molecule has 7 rings (SSSR count). The van der Waals surface area contributed by atoms with Gasteiger partial charge in [-0.1, -0.05) is 72.4 Å². The first-order chi connectivity index (χ1) is 19.2. The lowest BCUT2D eigenvalue weighted by Crippen LogP contribution is -1.99. The van der Waals surface area contributed by atoms with Crippen molar-refractivity contribution in [3.8, 4) is 22.3 Å². The van der Waals surface area contributed by atoms with Gasteiger partial charge in [0.05, 0.1) is 17.1 Å². The number of nitrogens with zero attached hydrogens (tertiary/aromatic N) is 2. The van der Waals surface area contributed by atoms with Crippen LogP contribution >= 0.6 is 23.1 Å². The van der Waals surface area contributed by atoms with Crippen molar-refractivity contribution in [1.82, 2.24) is 15.0 Å². The molecule has 0 aliphatic carbocycles. The fraction of sp³-hybridized carbons (Fsp3) is 0.0909. The fourth-order valence-electron chi connectivity index (χ4n) is 4.99. The molecule has 0 radical (unpaired) electrons. The second-order valence-electron chi connectivity index (χ2n) is 9.30. The van der Waals surface area contributed by atoms with Crippen molar-refractivity contribution in [3.63, 3.8) is 0 Å². The van der Waals surface area contributed by atoms with Crippen LogP contribution in [0.2, 0.25) is 0 Å². The van der Waals surface area contributed by atoms with Crippen LogP contribution in [0.4, 0.5) is 0 Å². The predicted molar refractivity (Wildman–Crippen MR) is 165 cm³/mol. The molecule has 0 saturated heterocycles. The van der Waals surface area contributed by atoms with Crippen molar-refractivity contribution < 1.29 is 4.74 Å². The summed E-state index contributed by atoms with van der Waals surface area (Å²) in [6.07, 6.45) is 4.19. The number of thiophene rings is 1. The molecule has 0 spiro atoms. The number of hydrogen-bond acceptors (Lipinski definition) is 5. The molecule has 6 heteroatoms. The molecule has 190 valence electrons. The smallest absolute Gasteiger partial charge is 0.151 e. The third-order valence-corrected chi connectivity index (χ3v) is 8.78. The van der Waals surface area contributed by atoms with E-state index in [0.29, 0.717) is 6.61 Å². The zero-order chi connectivity index (χ0) is 26.2. The third kappa shape index (κ3) is 4.72. The topological polar surface area (TPSA) is 50.8 Å². The quantitative estimate of drug-likeness (QED) is 0.241. The lowest BCUT2D eigenvalue weighted by Gasteiger charge is -2.13. The molecule has 4 nitrogen and oxygen atoms in total. The van der Waals surface area contributed by atoms with Gasteiger partial charge in [0.15, 0.2) is 5.44 Å². The van der Waals surface area contributed by atoms with E-state index in [4.69, 9.17) is 14.7 Å². The van der Waals surface area contributed by atoms with Gasteiger partial charge in [0.1, 0.15) is 5.03 Å². The summed E-state index contributed by atoms with van der Waals surface area (Å²) < 4.78 is 8.68. The van der Waals surface area contributed by atoms with E-state index in [1.807, 2.05) is 19.1 Å². The second kappa shape index (κ2) is 10.3. The second-order valence-corrected chi connectivity index (χ2v) is 11.5. The summed E-state index contributed by atoms with van der Waals surface area (Å²) >= 11 is 3.41. The lowest BCUT2D eigenvalue weighted by atomic mass is 10.0. The van der Waals surface area contributed by atoms with Gasteiger partial charge in [-0.15, -0.1) is 11.3 Å². The first-order valence-electron chi connectivity index (χ1n) is 13.0. The van der Waals surface area contributed by atoms with Crippen LogP contribution < -0.4 is 0 Å². The highest BCUT2D eigenvalue weighted by Crippen LogP contribution is 2.48. The minimum absolute atomic E-state index is 0.245. The highest BCUT2D eigenvalue weighted by Gasteiger charge is 2.29. The molecule has 39 heavy (non-hydrogen) atoms. The Morgan fingerprint density at radius 2 is 1.49 bits per heavy atom. The Morgan fingerprint density at radius 1 is 0.769 bits per heavy atom. The Balaban J connectivity index is 1.65. The molecule has 3 aromatic heterocycles. The van der Waals surface area contributed by atoms with Crippen LogP contribution in [-0.4, -0.2) is 21.6 Å². The first-order valence-corrected chi connectivity index (χ1v) is 14.7. The molecule has 2 aliphatic heterocycles. The number of aromatic amines is 1. The van der Waals surface area contributed by atoms with Crippen LogP contribution in [0.15, 0.2) is 102 Å². The fourth-order valence-corrected chi connectivity index (χ4v) is 7.08. The van der Waals surface area contributed by atoms with E-state index >= 15 is 0 Å². The lowest BCUT2D eigenvalue weighted by molar-refractivity contribution is 0.126. The van der Waals surface area contributed by atoms with Gasteiger partial charge >= 0.3 is 0 Å². The highest BCUT2D eigenvalue weighted by atomic mass is 32.2. The molecule has 0 amide bonds. The molecular formula is C33H25N3OS2. The monoisotopic (exact) mass is 543 g/mol. The number of benzene rings is 2. The molecule has 1 N–H and O–H groups in total. The van der Waals surface area contributed by atoms with Crippen LogP contribution in [-0.2, 0) is 4.74 Å². The number of fused-ring (bicyclic) bond motifs is 8.